The highest BCUT2D eigenvalue weighted by molar-refractivity contribution is 7.16. The normalized spacial score (nSPS) is 15.0. The van der Waals surface area contributed by atoms with E-state index in [0.717, 1.165) is 34.8 Å². The number of anilines is 1. The predicted octanol–water partition coefficient (Wildman–Crippen LogP) is 3.25. The number of aromatic nitrogens is 3. The Morgan fingerprint density at radius 2 is 2.04 bits per heavy atom. The minimum absolute atomic E-state index is 0.00941. The maximum Gasteiger partial charge on any atom is 0.251 e. The Morgan fingerprint density at radius 3 is 2.74 bits per heavy atom. The molecule has 0 atom stereocenters. The van der Waals surface area contributed by atoms with Gasteiger partial charge in [-0.1, -0.05) is 20.8 Å². The van der Waals surface area contributed by atoms with Gasteiger partial charge in [0.25, 0.3) is 5.91 Å². The summed E-state index contributed by atoms with van der Waals surface area (Å²) in [7, 11) is 0. The summed E-state index contributed by atoms with van der Waals surface area (Å²) in [6, 6.07) is 9.71. The van der Waals surface area contributed by atoms with E-state index in [1.54, 1.807) is 16.8 Å². The summed E-state index contributed by atoms with van der Waals surface area (Å²) in [6.07, 6.45) is 0. The third-order valence-electron chi connectivity index (χ3n) is 4.84. The average Bonchev–Trinajstić information content (AvgIpc) is 3.07. The minimum Gasteiger partial charge on any atom is -0.354 e. The van der Waals surface area contributed by atoms with E-state index >= 15 is 0 Å². The zero-order valence-electron chi connectivity index (χ0n) is 15.8. The van der Waals surface area contributed by atoms with Gasteiger partial charge in [-0.05, 0) is 30.3 Å². The summed E-state index contributed by atoms with van der Waals surface area (Å²) >= 11 is 1.55. The van der Waals surface area contributed by atoms with Gasteiger partial charge in [-0.2, -0.15) is 5.10 Å². The maximum atomic E-state index is 12.4. The Labute approximate surface area is 162 Å². The van der Waals surface area contributed by atoms with Crippen LogP contribution in [0.25, 0.3) is 10.2 Å². The Kier molecular flexibility index (Phi) is 4.55. The number of thiazole rings is 1. The molecule has 6 nitrogen and oxygen atoms in total. The first-order valence-electron chi connectivity index (χ1n) is 9.11. The second-order valence-corrected chi connectivity index (χ2v) is 8.93. The molecule has 1 aromatic carbocycles. The summed E-state index contributed by atoms with van der Waals surface area (Å²) < 4.78 is 1.04. The maximum absolute atomic E-state index is 12.4. The van der Waals surface area contributed by atoms with Crippen molar-refractivity contribution in [2.45, 2.75) is 26.2 Å². The van der Waals surface area contributed by atoms with Crippen LogP contribution in [0.3, 0.4) is 0 Å². The number of fused-ring (bicyclic) bond motifs is 1. The zero-order chi connectivity index (χ0) is 19.0. The van der Waals surface area contributed by atoms with Crippen LogP contribution in [-0.2, 0) is 5.41 Å². The number of nitrogens with one attached hydrogen (secondary N) is 1. The second kappa shape index (κ2) is 6.88. The van der Waals surface area contributed by atoms with Gasteiger partial charge >= 0.3 is 0 Å². The van der Waals surface area contributed by atoms with Crippen molar-refractivity contribution in [2.75, 3.05) is 24.5 Å². The molecule has 2 aromatic heterocycles. The highest BCUT2D eigenvalue weighted by atomic mass is 32.1. The number of carbonyl (C=O) groups is 1. The van der Waals surface area contributed by atoms with Gasteiger partial charge in [0.1, 0.15) is 0 Å². The number of carbonyl (C=O) groups excluding carboxylic acids is 1. The van der Waals surface area contributed by atoms with Gasteiger partial charge in [-0.3, -0.25) is 4.79 Å². The lowest BCUT2D eigenvalue weighted by atomic mass is 9.92. The molecular weight excluding hydrogens is 358 g/mol. The molecule has 0 saturated carbocycles. The van der Waals surface area contributed by atoms with Gasteiger partial charge < -0.3 is 10.2 Å². The van der Waals surface area contributed by atoms with Crippen LogP contribution in [-0.4, -0.2) is 40.7 Å². The number of hydrogen-bond acceptors (Lipinski definition) is 6. The number of hydrogen-bond donors (Lipinski definition) is 1. The summed E-state index contributed by atoms with van der Waals surface area (Å²) in [5.74, 6) is 1.31. The van der Waals surface area contributed by atoms with E-state index in [4.69, 9.17) is 0 Å². The molecule has 0 radical (unpaired) electrons. The second-order valence-electron chi connectivity index (χ2n) is 8.04. The molecule has 1 fully saturated rings. The molecule has 27 heavy (non-hydrogen) atoms. The Hall–Kier alpha value is -2.54. The zero-order valence-corrected chi connectivity index (χ0v) is 16.6. The Balaban J connectivity index is 1.28. The van der Waals surface area contributed by atoms with Crippen molar-refractivity contribution in [1.29, 1.82) is 0 Å². The summed E-state index contributed by atoms with van der Waals surface area (Å²) in [6.45, 7) is 8.84. The number of rotatable bonds is 4. The molecule has 1 aliphatic heterocycles. The first-order valence-corrected chi connectivity index (χ1v) is 9.99. The quantitative estimate of drug-likeness (QED) is 0.751. The van der Waals surface area contributed by atoms with Crippen molar-refractivity contribution in [1.82, 2.24) is 20.5 Å². The monoisotopic (exact) mass is 381 g/mol. The first kappa shape index (κ1) is 17.9. The third-order valence-corrected chi connectivity index (χ3v) is 5.64. The van der Waals surface area contributed by atoms with Gasteiger partial charge in [-0.25, -0.2) is 4.98 Å². The van der Waals surface area contributed by atoms with Crippen molar-refractivity contribution in [3.63, 3.8) is 0 Å². The van der Waals surface area contributed by atoms with Crippen LogP contribution in [0.5, 0.6) is 0 Å². The van der Waals surface area contributed by atoms with E-state index in [1.807, 2.05) is 30.3 Å². The van der Waals surface area contributed by atoms with Crippen LogP contribution >= 0.6 is 11.3 Å². The van der Waals surface area contributed by atoms with Crippen LogP contribution in [0.15, 0.2) is 35.8 Å². The predicted molar refractivity (Wildman–Crippen MR) is 108 cm³/mol. The molecular formula is C20H23N5OS. The summed E-state index contributed by atoms with van der Waals surface area (Å²) in [4.78, 5) is 18.8. The lowest BCUT2D eigenvalue weighted by Gasteiger charge is -2.40. The fourth-order valence-corrected chi connectivity index (χ4v) is 3.83. The number of benzene rings is 1. The third kappa shape index (κ3) is 3.78. The van der Waals surface area contributed by atoms with Crippen LogP contribution in [0.1, 0.15) is 36.8 Å². The molecule has 3 aromatic rings. The van der Waals surface area contributed by atoms with Gasteiger partial charge in [0.2, 0.25) is 0 Å². The fourth-order valence-electron chi connectivity index (χ4n) is 3.12. The van der Waals surface area contributed by atoms with E-state index in [9.17, 15) is 4.79 Å². The summed E-state index contributed by atoms with van der Waals surface area (Å²) in [5, 5.41) is 11.7. The largest absolute Gasteiger partial charge is 0.354 e. The van der Waals surface area contributed by atoms with Gasteiger partial charge in [0.15, 0.2) is 5.82 Å². The number of nitrogens with zero attached hydrogens (tertiary/aromatic N) is 4. The summed E-state index contributed by atoms with van der Waals surface area (Å²) in [5.41, 5.74) is 4.42. The van der Waals surface area contributed by atoms with E-state index in [2.05, 4.69) is 46.2 Å². The van der Waals surface area contributed by atoms with Crippen molar-refractivity contribution in [2.24, 2.45) is 5.92 Å². The van der Waals surface area contributed by atoms with E-state index < -0.39 is 0 Å². The van der Waals surface area contributed by atoms with Crippen molar-refractivity contribution >= 4 is 33.3 Å². The van der Waals surface area contributed by atoms with E-state index in [1.165, 1.54) is 0 Å². The topological polar surface area (TPSA) is 71.0 Å². The smallest absolute Gasteiger partial charge is 0.251 e. The van der Waals surface area contributed by atoms with Crippen molar-refractivity contribution in [3.8, 4) is 0 Å². The van der Waals surface area contributed by atoms with Gasteiger partial charge in [0.05, 0.1) is 21.4 Å². The molecule has 7 heteroatoms. The average molecular weight is 382 g/mol. The standard InChI is InChI=1S/C20H23N5OS/c1-20(2,3)17-6-7-18(24-23-17)25-10-13(11-25)9-21-19(26)14-4-5-15-16(8-14)27-12-22-15/h4-8,12-13H,9-11H2,1-3H3,(H,21,26). The molecule has 0 aliphatic carbocycles. The lowest BCUT2D eigenvalue weighted by molar-refractivity contribution is 0.0944. The van der Waals surface area contributed by atoms with E-state index in [-0.39, 0.29) is 11.3 Å². The van der Waals surface area contributed by atoms with Crippen LogP contribution in [0.2, 0.25) is 0 Å². The van der Waals surface area contributed by atoms with Crippen LogP contribution in [0.4, 0.5) is 5.82 Å². The SMILES string of the molecule is CC(C)(C)c1ccc(N2CC(CNC(=O)c3ccc4ncsc4c3)C2)nn1. The highest BCUT2D eigenvalue weighted by Crippen LogP contribution is 2.25. The Bertz CT molecular complexity index is 954. The molecule has 1 N–H and O–H groups in total. The fraction of sp³-hybridized carbons (Fsp3) is 0.400. The molecule has 1 aliphatic rings. The van der Waals surface area contributed by atoms with E-state index in [0.29, 0.717) is 18.0 Å². The molecule has 4 rings (SSSR count). The molecule has 1 saturated heterocycles. The first-order chi connectivity index (χ1) is 12.9. The van der Waals surface area contributed by atoms with Crippen molar-refractivity contribution < 1.29 is 4.79 Å². The molecule has 0 spiro atoms. The molecule has 3 heterocycles. The number of amides is 1. The minimum atomic E-state index is -0.0296. The van der Waals surface area contributed by atoms with Crippen LogP contribution < -0.4 is 10.2 Å². The molecule has 0 bridgehead atoms. The molecule has 0 unspecified atom stereocenters. The molecule has 140 valence electrons. The van der Waals surface area contributed by atoms with Gasteiger partial charge in [0, 0.05) is 36.5 Å². The highest BCUT2D eigenvalue weighted by Gasteiger charge is 2.28. The van der Waals surface area contributed by atoms with Crippen LogP contribution in [0, 0.1) is 5.92 Å². The lowest BCUT2D eigenvalue weighted by Crippen LogP contribution is -2.52. The Morgan fingerprint density at radius 1 is 1.22 bits per heavy atom. The van der Waals surface area contributed by atoms with Crippen molar-refractivity contribution in [3.05, 3.63) is 47.1 Å². The van der Waals surface area contributed by atoms with Gasteiger partial charge in [-0.15, -0.1) is 16.4 Å². The molecule has 1 amide bonds.